The van der Waals surface area contributed by atoms with Crippen molar-refractivity contribution >= 4 is 40.2 Å². The molecule has 38 heavy (non-hydrogen) atoms. The van der Waals surface area contributed by atoms with Gasteiger partial charge in [-0.2, -0.15) is 18.2 Å². The third kappa shape index (κ3) is 5.15. The van der Waals surface area contributed by atoms with E-state index in [0.29, 0.717) is 24.3 Å². The van der Waals surface area contributed by atoms with Gasteiger partial charge in [0.15, 0.2) is 17.2 Å². The van der Waals surface area contributed by atoms with Crippen molar-refractivity contribution in [1.29, 1.82) is 0 Å². The Balaban J connectivity index is 1.45. The number of nitrogens with two attached hydrogens (primary N) is 1. The summed E-state index contributed by atoms with van der Waals surface area (Å²) < 4.78 is 54.0. The topological polar surface area (TPSA) is 116 Å². The van der Waals surface area contributed by atoms with Crippen LogP contribution in [-0.2, 0) is 13.2 Å². The zero-order valence-corrected chi connectivity index (χ0v) is 21.0. The van der Waals surface area contributed by atoms with Gasteiger partial charge in [0.25, 0.3) is 0 Å². The average Bonchev–Trinajstić information content (AvgIpc) is 3.18. The maximum atomic E-state index is 13.6. The van der Waals surface area contributed by atoms with Crippen LogP contribution in [-0.4, -0.2) is 55.6 Å². The summed E-state index contributed by atoms with van der Waals surface area (Å²) >= 11 is 6.62. The fraction of sp³-hybridized carbons (Fsp3) is 0.250. The minimum absolute atomic E-state index is 0.108. The Labute approximate surface area is 219 Å². The largest absolute Gasteiger partial charge is 0.488 e. The Morgan fingerprint density at radius 1 is 1.16 bits per heavy atom. The van der Waals surface area contributed by atoms with E-state index in [1.807, 2.05) is 11.9 Å². The van der Waals surface area contributed by atoms with Crippen LogP contribution < -0.4 is 20.5 Å². The first-order valence-corrected chi connectivity index (χ1v) is 11.7. The summed E-state index contributed by atoms with van der Waals surface area (Å²) in [5.74, 6) is 0.701. The van der Waals surface area contributed by atoms with E-state index in [1.54, 1.807) is 11.6 Å². The minimum atomic E-state index is -4.56. The molecule has 1 saturated heterocycles. The lowest BCUT2D eigenvalue weighted by Crippen LogP contribution is -2.51. The lowest BCUT2D eigenvalue weighted by atomic mass is 10.1. The molecule has 1 aliphatic heterocycles. The molecule has 3 N–H and O–H groups in total. The van der Waals surface area contributed by atoms with E-state index < -0.39 is 11.7 Å². The molecule has 0 unspecified atom stereocenters. The van der Waals surface area contributed by atoms with Gasteiger partial charge in [-0.3, -0.25) is 9.88 Å². The first-order chi connectivity index (χ1) is 18.1. The summed E-state index contributed by atoms with van der Waals surface area (Å²) in [5.41, 5.74) is 6.03. The number of halogens is 4. The second-order valence-corrected chi connectivity index (χ2v) is 9.03. The Morgan fingerprint density at radius 2 is 1.95 bits per heavy atom. The summed E-state index contributed by atoms with van der Waals surface area (Å²) in [6, 6.07) is 3.47. The summed E-state index contributed by atoms with van der Waals surface area (Å²) in [6.07, 6.45) is 2.31. The molecule has 4 aromatic rings. The van der Waals surface area contributed by atoms with Gasteiger partial charge in [0, 0.05) is 50.5 Å². The summed E-state index contributed by atoms with van der Waals surface area (Å²) in [5, 5.41) is 3.10. The van der Waals surface area contributed by atoms with Crippen molar-refractivity contribution in [3.8, 4) is 11.5 Å². The molecule has 3 aromatic heterocycles. The molecule has 1 aliphatic rings. The Hall–Kier alpha value is -4.10. The van der Waals surface area contributed by atoms with Gasteiger partial charge in [-0.05, 0) is 19.2 Å². The summed E-state index contributed by atoms with van der Waals surface area (Å²) in [6.45, 7) is 1.27. The predicted molar refractivity (Wildman–Crippen MR) is 135 cm³/mol. The fourth-order valence-electron chi connectivity index (χ4n) is 3.95. The van der Waals surface area contributed by atoms with Crippen LogP contribution in [0.2, 0.25) is 5.02 Å². The highest BCUT2D eigenvalue weighted by Gasteiger charge is 2.33. The number of nitrogens with zero attached hydrogens (tertiary/aromatic N) is 6. The number of likely N-dealkylation sites (tertiary alicyclic amines) is 1. The first kappa shape index (κ1) is 25.5. The van der Waals surface area contributed by atoms with Crippen LogP contribution in [0.4, 0.5) is 24.8 Å². The van der Waals surface area contributed by atoms with Crippen LogP contribution in [0.3, 0.4) is 0 Å². The third-order valence-electron chi connectivity index (χ3n) is 5.82. The average molecular weight is 547 g/mol. The fourth-order valence-corrected chi connectivity index (χ4v) is 4.25. The number of likely N-dealkylation sites (N-methyl/N-ethyl adjacent to an activating group) is 1. The van der Waals surface area contributed by atoms with Gasteiger partial charge >= 0.3 is 6.18 Å². The minimum Gasteiger partial charge on any atom is -0.488 e. The standard InChI is InChI=1S/C24H22ClF3N8O2/c1-35-11-16(12-35)37-15-6-13(24(26,27)28)5-14(7-15)33-23-34-22-21(36(23)2)20(25)19(10-32-22)38-18(8-29)17-9-30-3-4-31-17/h3-10,16H,11-12,29H2,1-2H3,(H,32,33,34). The van der Waals surface area contributed by atoms with Gasteiger partial charge in [-0.25, -0.2) is 9.97 Å². The molecule has 14 heteroatoms. The van der Waals surface area contributed by atoms with Crippen LogP contribution in [0.5, 0.6) is 11.5 Å². The van der Waals surface area contributed by atoms with Crippen LogP contribution in [0.25, 0.3) is 16.9 Å². The van der Waals surface area contributed by atoms with Crippen LogP contribution in [0.15, 0.2) is 49.2 Å². The highest BCUT2D eigenvalue weighted by Crippen LogP contribution is 2.37. The predicted octanol–water partition coefficient (Wildman–Crippen LogP) is 4.20. The van der Waals surface area contributed by atoms with Gasteiger partial charge in [0.2, 0.25) is 5.95 Å². The zero-order valence-electron chi connectivity index (χ0n) is 20.2. The zero-order chi connectivity index (χ0) is 27.0. The van der Waals surface area contributed by atoms with Crippen molar-refractivity contribution < 1.29 is 22.6 Å². The van der Waals surface area contributed by atoms with Gasteiger partial charge in [-0.15, -0.1) is 0 Å². The molecule has 0 atom stereocenters. The van der Waals surface area contributed by atoms with Crippen molar-refractivity contribution in [1.82, 2.24) is 29.4 Å². The quantitative estimate of drug-likeness (QED) is 0.329. The van der Waals surface area contributed by atoms with Crippen LogP contribution in [0, 0.1) is 0 Å². The van der Waals surface area contributed by atoms with E-state index >= 15 is 0 Å². The molecule has 1 fully saturated rings. The maximum absolute atomic E-state index is 13.6. The van der Waals surface area contributed by atoms with E-state index in [-0.39, 0.29) is 45.7 Å². The Kier molecular flexibility index (Phi) is 6.71. The van der Waals surface area contributed by atoms with Crippen LogP contribution >= 0.6 is 11.6 Å². The molecule has 0 amide bonds. The van der Waals surface area contributed by atoms with Gasteiger partial charge in [0.1, 0.15) is 28.1 Å². The van der Waals surface area contributed by atoms with Crippen LogP contribution in [0.1, 0.15) is 11.3 Å². The number of ether oxygens (including phenoxy) is 2. The number of alkyl halides is 3. The van der Waals surface area contributed by atoms with Crippen molar-refractivity contribution in [3.63, 3.8) is 0 Å². The molecule has 5 rings (SSSR count). The van der Waals surface area contributed by atoms with E-state index in [0.717, 1.165) is 12.1 Å². The molecule has 0 saturated carbocycles. The number of pyridine rings is 1. The highest BCUT2D eigenvalue weighted by molar-refractivity contribution is 6.36. The first-order valence-electron chi connectivity index (χ1n) is 11.3. The van der Waals surface area contributed by atoms with E-state index in [9.17, 15) is 13.2 Å². The number of aromatic nitrogens is 5. The van der Waals surface area contributed by atoms with Gasteiger partial charge in [0.05, 0.1) is 18.0 Å². The number of fused-ring (bicyclic) bond motifs is 1. The number of hydrogen-bond donors (Lipinski definition) is 2. The number of rotatable bonds is 7. The molecule has 1 aromatic carbocycles. The van der Waals surface area contributed by atoms with E-state index in [2.05, 4.69) is 25.3 Å². The molecule has 0 radical (unpaired) electrons. The number of hydrogen-bond acceptors (Lipinski definition) is 9. The molecular formula is C24H22ClF3N8O2. The third-order valence-corrected chi connectivity index (χ3v) is 6.18. The van der Waals surface area contributed by atoms with Crippen molar-refractivity contribution in [2.24, 2.45) is 12.8 Å². The number of benzene rings is 1. The second-order valence-electron chi connectivity index (χ2n) is 8.66. The Bertz CT molecular complexity index is 1500. The number of aryl methyl sites for hydroxylation is 1. The SMILES string of the molecule is CN1CC(Oc2cc(Nc3nc4ncc(OC(=CN)c5cnccn5)c(Cl)c4n3C)cc(C(F)(F)F)c2)C1. The number of anilines is 2. The van der Waals surface area contributed by atoms with E-state index in [1.165, 1.54) is 37.1 Å². The second kappa shape index (κ2) is 9.99. The molecular weight excluding hydrogens is 525 g/mol. The smallest absolute Gasteiger partial charge is 0.416 e. The maximum Gasteiger partial charge on any atom is 0.416 e. The molecule has 0 spiro atoms. The number of imidazole rings is 1. The molecule has 198 valence electrons. The van der Waals surface area contributed by atoms with Crippen molar-refractivity contribution in [2.75, 3.05) is 25.5 Å². The number of nitrogens with one attached hydrogen (secondary N) is 1. The van der Waals surface area contributed by atoms with Crippen molar-refractivity contribution in [3.05, 3.63) is 65.5 Å². The lowest BCUT2D eigenvalue weighted by Gasteiger charge is -2.36. The Morgan fingerprint density at radius 3 is 2.61 bits per heavy atom. The monoisotopic (exact) mass is 546 g/mol. The molecule has 0 aliphatic carbocycles. The van der Waals surface area contributed by atoms with Gasteiger partial charge < -0.3 is 25.1 Å². The molecule has 0 bridgehead atoms. The molecule has 10 nitrogen and oxygen atoms in total. The molecule has 4 heterocycles. The highest BCUT2D eigenvalue weighted by atomic mass is 35.5. The normalized spacial score (nSPS) is 14.9. The van der Waals surface area contributed by atoms with Gasteiger partial charge in [-0.1, -0.05) is 11.6 Å². The van der Waals surface area contributed by atoms with Crippen molar-refractivity contribution in [2.45, 2.75) is 12.3 Å². The lowest BCUT2D eigenvalue weighted by molar-refractivity contribution is -0.137. The summed E-state index contributed by atoms with van der Waals surface area (Å²) in [4.78, 5) is 18.8. The summed E-state index contributed by atoms with van der Waals surface area (Å²) in [7, 11) is 3.55. The van der Waals surface area contributed by atoms with E-state index in [4.69, 9.17) is 26.8 Å².